The first kappa shape index (κ1) is 11.6. The van der Waals surface area contributed by atoms with Gasteiger partial charge in [0.1, 0.15) is 6.10 Å². The Kier molecular flexibility index (Phi) is 2.59. The lowest BCUT2D eigenvalue weighted by Gasteiger charge is -2.13. The van der Waals surface area contributed by atoms with Crippen LogP contribution in [0.25, 0.3) is 10.8 Å². The predicted octanol–water partition coefficient (Wildman–Crippen LogP) is 3.95. The van der Waals surface area contributed by atoms with Gasteiger partial charge in [-0.2, -0.15) is 0 Å². The summed E-state index contributed by atoms with van der Waals surface area (Å²) < 4.78 is 5.72. The van der Waals surface area contributed by atoms with Crippen LogP contribution in [0.15, 0.2) is 66.7 Å². The summed E-state index contributed by atoms with van der Waals surface area (Å²) in [6.45, 7) is 0. The molecule has 0 saturated carbocycles. The molecule has 2 atom stereocenters. The molecule has 0 bridgehead atoms. The highest BCUT2D eigenvalue weighted by atomic mass is 16.6. The number of hydrogen-bond acceptors (Lipinski definition) is 2. The van der Waals surface area contributed by atoms with E-state index >= 15 is 0 Å². The van der Waals surface area contributed by atoms with Crippen LogP contribution in [-0.4, -0.2) is 5.11 Å². The second-order valence-electron chi connectivity index (χ2n) is 5.10. The summed E-state index contributed by atoms with van der Waals surface area (Å²) in [6, 6.07) is 22.4. The second-order valence-corrected chi connectivity index (χ2v) is 5.10. The molecule has 2 unspecified atom stereocenters. The normalized spacial score (nSPS) is 21.1. The zero-order valence-corrected chi connectivity index (χ0v) is 10.9. The minimum Gasteiger partial charge on any atom is -0.364 e. The Labute approximate surface area is 117 Å². The highest BCUT2D eigenvalue weighted by molar-refractivity contribution is 5.83. The zero-order valence-electron chi connectivity index (χ0n) is 10.9. The maximum absolute atomic E-state index is 10.0. The van der Waals surface area contributed by atoms with Gasteiger partial charge in [0, 0.05) is 5.56 Å². The molecule has 2 nitrogen and oxygen atoms in total. The maximum Gasteiger partial charge on any atom is 0.182 e. The number of ether oxygens (including phenoxy) is 1. The molecule has 3 aromatic rings. The summed E-state index contributed by atoms with van der Waals surface area (Å²) in [5, 5.41) is 12.4. The standard InChI is InChI=1S/C18H14O2/c19-18-16-8-4-3-7-15(16)17(20-18)14-10-9-12-5-1-2-6-13(12)11-14/h1-11,17-19H. The molecule has 20 heavy (non-hydrogen) atoms. The average molecular weight is 262 g/mol. The van der Waals surface area contributed by atoms with Gasteiger partial charge in [0.2, 0.25) is 0 Å². The first-order valence-electron chi connectivity index (χ1n) is 6.74. The van der Waals surface area contributed by atoms with Crippen LogP contribution in [-0.2, 0) is 4.74 Å². The molecule has 0 spiro atoms. The monoisotopic (exact) mass is 262 g/mol. The third kappa shape index (κ3) is 1.73. The number of aliphatic hydroxyl groups is 1. The van der Waals surface area contributed by atoms with Gasteiger partial charge in [0.05, 0.1) is 0 Å². The lowest BCUT2D eigenvalue weighted by molar-refractivity contribution is -0.108. The Morgan fingerprint density at radius 2 is 1.45 bits per heavy atom. The fraction of sp³-hybridized carbons (Fsp3) is 0.111. The molecule has 0 aliphatic carbocycles. The third-order valence-electron chi connectivity index (χ3n) is 3.89. The Morgan fingerprint density at radius 1 is 0.750 bits per heavy atom. The molecular formula is C18H14O2. The Morgan fingerprint density at radius 3 is 2.30 bits per heavy atom. The van der Waals surface area contributed by atoms with Crippen molar-refractivity contribution >= 4 is 10.8 Å². The maximum atomic E-state index is 10.0. The van der Waals surface area contributed by atoms with Crippen molar-refractivity contribution in [2.24, 2.45) is 0 Å². The molecule has 1 heterocycles. The molecule has 1 aliphatic heterocycles. The summed E-state index contributed by atoms with van der Waals surface area (Å²) in [4.78, 5) is 0. The molecule has 1 aliphatic rings. The van der Waals surface area contributed by atoms with Crippen LogP contribution in [0.4, 0.5) is 0 Å². The molecule has 0 fully saturated rings. The van der Waals surface area contributed by atoms with E-state index in [1.807, 2.05) is 36.4 Å². The predicted molar refractivity (Wildman–Crippen MR) is 78.3 cm³/mol. The van der Waals surface area contributed by atoms with Crippen molar-refractivity contribution in [2.45, 2.75) is 12.4 Å². The van der Waals surface area contributed by atoms with Gasteiger partial charge in [0.15, 0.2) is 6.29 Å². The summed E-state index contributed by atoms with van der Waals surface area (Å²) in [6.07, 6.45) is -1.02. The van der Waals surface area contributed by atoms with E-state index in [0.29, 0.717) is 0 Å². The number of rotatable bonds is 1. The number of fused-ring (bicyclic) bond motifs is 2. The summed E-state index contributed by atoms with van der Waals surface area (Å²) in [7, 11) is 0. The van der Waals surface area contributed by atoms with E-state index in [4.69, 9.17) is 4.74 Å². The molecule has 1 N–H and O–H groups in total. The Balaban J connectivity index is 1.84. The van der Waals surface area contributed by atoms with Crippen molar-refractivity contribution in [3.63, 3.8) is 0 Å². The third-order valence-corrected chi connectivity index (χ3v) is 3.89. The quantitative estimate of drug-likeness (QED) is 0.719. The van der Waals surface area contributed by atoms with Crippen LogP contribution in [0.1, 0.15) is 29.1 Å². The number of hydrogen-bond donors (Lipinski definition) is 1. The summed E-state index contributed by atoms with van der Waals surface area (Å²) in [5.41, 5.74) is 2.99. The Hall–Kier alpha value is -2.16. The molecule has 3 aromatic carbocycles. The van der Waals surface area contributed by atoms with Crippen molar-refractivity contribution in [1.29, 1.82) is 0 Å². The topological polar surface area (TPSA) is 29.5 Å². The van der Waals surface area contributed by atoms with E-state index < -0.39 is 6.29 Å². The fourth-order valence-corrected chi connectivity index (χ4v) is 2.88. The molecule has 0 saturated heterocycles. The zero-order chi connectivity index (χ0) is 13.5. The first-order chi connectivity index (χ1) is 9.83. The van der Waals surface area contributed by atoms with E-state index in [9.17, 15) is 5.11 Å². The van der Waals surface area contributed by atoms with Gasteiger partial charge in [-0.3, -0.25) is 0 Å². The van der Waals surface area contributed by atoms with Gasteiger partial charge >= 0.3 is 0 Å². The highest BCUT2D eigenvalue weighted by Crippen LogP contribution is 2.41. The van der Waals surface area contributed by atoms with Gasteiger partial charge in [-0.05, 0) is 28.0 Å². The van der Waals surface area contributed by atoms with E-state index in [1.165, 1.54) is 10.8 Å². The van der Waals surface area contributed by atoms with Crippen LogP contribution >= 0.6 is 0 Å². The van der Waals surface area contributed by atoms with Gasteiger partial charge in [0.25, 0.3) is 0 Å². The lowest BCUT2D eigenvalue weighted by atomic mass is 9.97. The van der Waals surface area contributed by atoms with E-state index in [-0.39, 0.29) is 6.10 Å². The van der Waals surface area contributed by atoms with Crippen molar-refractivity contribution in [1.82, 2.24) is 0 Å². The molecule has 98 valence electrons. The number of benzene rings is 3. The molecule has 0 amide bonds. The first-order valence-corrected chi connectivity index (χ1v) is 6.74. The van der Waals surface area contributed by atoms with Crippen molar-refractivity contribution in [3.8, 4) is 0 Å². The minimum absolute atomic E-state index is 0.189. The molecule has 0 radical (unpaired) electrons. The van der Waals surface area contributed by atoms with Gasteiger partial charge in [-0.1, -0.05) is 60.7 Å². The van der Waals surface area contributed by atoms with Crippen LogP contribution in [0.2, 0.25) is 0 Å². The molecule has 0 aromatic heterocycles. The molecular weight excluding hydrogens is 248 g/mol. The van der Waals surface area contributed by atoms with Crippen molar-refractivity contribution < 1.29 is 9.84 Å². The second kappa shape index (κ2) is 4.44. The largest absolute Gasteiger partial charge is 0.364 e. The molecule has 2 heteroatoms. The smallest absolute Gasteiger partial charge is 0.182 e. The van der Waals surface area contributed by atoms with E-state index in [2.05, 4.69) is 30.3 Å². The Bertz CT molecular complexity index is 779. The van der Waals surface area contributed by atoms with Gasteiger partial charge in [-0.25, -0.2) is 0 Å². The van der Waals surface area contributed by atoms with Crippen LogP contribution in [0.5, 0.6) is 0 Å². The van der Waals surface area contributed by atoms with E-state index in [1.54, 1.807) is 0 Å². The van der Waals surface area contributed by atoms with Crippen molar-refractivity contribution in [2.75, 3.05) is 0 Å². The van der Waals surface area contributed by atoms with Gasteiger partial charge < -0.3 is 9.84 Å². The summed E-state index contributed by atoms with van der Waals surface area (Å²) in [5.74, 6) is 0. The van der Waals surface area contributed by atoms with Crippen molar-refractivity contribution in [3.05, 3.63) is 83.4 Å². The van der Waals surface area contributed by atoms with Crippen LogP contribution in [0.3, 0.4) is 0 Å². The summed E-state index contributed by atoms with van der Waals surface area (Å²) >= 11 is 0. The lowest BCUT2D eigenvalue weighted by Crippen LogP contribution is -1.99. The fourth-order valence-electron chi connectivity index (χ4n) is 2.88. The van der Waals surface area contributed by atoms with Crippen LogP contribution < -0.4 is 0 Å². The minimum atomic E-state index is -0.831. The van der Waals surface area contributed by atoms with Crippen LogP contribution in [0, 0.1) is 0 Å². The van der Waals surface area contributed by atoms with E-state index in [0.717, 1.165) is 16.7 Å². The highest BCUT2D eigenvalue weighted by Gasteiger charge is 2.31. The number of aliphatic hydroxyl groups excluding tert-OH is 1. The average Bonchev–Trinajstić information content (AvgIpc) is 2.85. The SMILES string of the molecule is OC1OC(c2ccc3ccccc3c2)c2ccccc21. The van der Waals surface area contributed by atoms with Gasteiger partial charge in [-0.15, -0.1) is 0 Å². The molecule has 4 rings (SSSR count).